The van der Waals surface area contributed by atoms with Gasteiger partial charge in [-0.3, -0.25) is 4.79 Å². The number of hydrogen-bond acceptors (Lipinski definition) is 2. The summed E-state index contributed by atoms with van der Waals surface area (Å²) < 4.78 is 0. The molecule has 0 aromatic carbocycles. The van der Waals surface area contributed by atoms with Crippen LogP contribution in [0.3, 0.4) is 0 Å². The molecule has 3 nitrogen and oxygen atoms in total. The lowest BCUT2D eigenvalue weighted by molar-refractivity contribution is -0.140. The van der Waals surface area contributed by atoms with Crippen molar-refractivity contribution in [3.8, 4) is 0 Å². The van der Waals surface area contributed by atoms with Crippen molar-refractivity contribution in [1.29, 1.82) is 0 Å². The summed E-state index contributed by atoms with van der Waals surface area (Å²) >= 11 is 0. The smallest absolute Gasteiger partial charge is 0.226 e. The molecule has 2 rings (SSSR count). The third-order valence-electron chi connectivity index (χ3n) is 5.81. The van der Waals surface area contributed by atoms with Crippen LogP contribution in [0.1, 0.15) is 59.3 Å². The molecule has 2 N–H and O–H groups in total. The Balaban J connectivity index is 1.99. The number of carbonyl (C=O) groups excluding carboxylic acids is 1. The zero-order valence-electron chi connectivity index (χ0n) is 13.6. The Morgan fingerprint density at radius 3 is 2.40 bits per heavy atom. The highest BCUT2D eigenvalue weighted by atomic mass is 16.2. The molecule has 2 fully saturated rings. The van der Waals surface area contributed by atoms with Gasteiger partial charge in [0.05, 0.1) is 0 Å². The van der Waals surface area contributed by atoms with E-state index < -0.39 is 0 Å². The van der Waals surface area contributed by atoms with E-state index in [1.54, 1.807) is 0 Å². The first-order chi connectivity index (χ1) is 9.40. The Labute approximate surface area is 124 Å². The van der Waals surface area contributed by atoms with Crippen LogP contribution in [-0.4, -0.2) is 29.9 Å². The summed E-state index contributed by atoms with van der Waals surface area (Å²) in [7, 11) is 2.02. The average molecular weight is 280 g/mol. The molecule has 116 valence electrons. The minimum absolute atomic E-state index is 0.142. The topological polar surface area (TPSA) is 46.3 Å². The number of hydrogen-bond donors (Lipinski definition) is 1. The van der Waals surface area contributed by atoms with E-state index in [4.69, 9.17) is 5.73 Å². The van der Waals surface area contributed by atoms with E-state index in [9.17, 15) is 4.79 Å². The summed E-state index contributed by atoms with van der Waals surface area (Å²) in [4.78, 5) is 14.9. The SMILES string of the molecule is CC1CCCC(N(C)C(=O)C2CC(N)C(C)CC2C)C1. The molecule has 3 heteroatoms. The van der Waals surface area contributed by atoms with Gasteiger partial charge in [0.1, 0.15) is 0 Å². The molecule has 2 aliphatic carbocycles. The van der Waals surface area contributed by atoms with Crippen molar-refractivity contribution in [2.24, 2.45) is 29.4 Å². The zero-order valence-corrected chi connectivity index (χ0v) is 13.6. The predicted octanol–water partition coefficient (Wildman–Crippen LogP) is 3.03. The number of nitrogens with zero attached hydrogens (tertiary/aromatic N) is 1. The van der Waals surface area contributed by atoms with Crippen molar-refractivity contribution < 1.29 is 4.79 Å². The molecule has 0 spiro atoms. The van der Waals surface area contributed by atoms with Crippen LogP contribution in [0.15, 0.2) is 0 Å². The van der Waals surface area contributed by atoms with Crippen LogP contribution >= 0.6 is 0 Å². The largest absolute Gasteiger partial charge is 0.343 e. The molecule has 6 atom stereocenters. The molecule has 0 radical (unpaired) electrons. The van der Waals surface area contributed by atoms with E-state index in [0.29, 0.717) is 23.8 Å². The van der Waals surface area contributed by atoms with Gasteiger partial charge in [-0.05, 0) is 43.4 Å². The van der Waals surface area contributed by atoms with Crippen LogP contribution in [-0.2, 0) is 4.79 Å². The third kappa shape index (κ3) is 3.36. The molecule has 6 unspecified atom stereocenters. The Morgan fingerprint density at radius 2 is 1.75 bits per heavy atom. The molecular formula is C17H32N2O. The minimum atomic E-state index is 0.142. The average Bonchev–Trinajstić information content (AvgIpc) is 2.41. The first-order valence-electron chi connectivity index (χ1n) is 8.42. The van der Waals surface area contributed by atoms with Crippen molar-refractivity contribution >= 4 is 5.91 Å². The van der Waals surface area contributed by atoms with Crippen LogP contribution in [0.25, 0.3) is 0 Å². The molecule has 0 saturated heterocycles. The Morgan fingerprint density at radius 1 is 1.05 bits per heavy atom. The lowest BCUT2D eigenvalue weighted by Gasteiger charge is -2.41. The van der Waals surface area contributed by atoms with Crippen molar-refractivity contribution in [2.45, 2.75) is 71.4 Å². The van der Waals surface area contributed by atoms with Gasteiger partial charge in [-0.15, -0.1) is 0 Å². The summed E-state index contributed by atoms with van der Waals surface area (Å²) in [6, 6.07) is 0.646. The van der Waals surface area contributed by atoms with E-state index in [1.807, 2.05) is 7.05 Å². The lowest BCUT2D eigenvalue weighted by Crippen LogP contribution is -2.49. The Hall–Kier alpha value is -0.570. The van der Waals surface area contributed by atoms with E-state index in [0.717, 1.165) is 18.8 Å². The van der Waals surface area contributed by atoms with Crippen LogP contribution in [0.2, 0.25) is 0 Å². The number of nitrogens with two attached hydrogens (primary N) is 1. The molecule has 1 amide bonds. The number of carbonyl (C=O) groups is 1. The lowest BCUT2D eigenvalue weighted by atomic mass is 9.72. The van der Waals surface area contributed by atoms with Gasteiger partial charge in [0, 0.05) is 25.0 Å². The molecule has 0 bridgehead atoms. The maximum Gasteiger partial charge on any atom is 0.226 e. The molecule has 0 aromatic heterocycles. The van der Waals surface area contributed by atoms with Gasteiger partial charge < -0.3 is 10.6 Å². The first kappa shape index (κ1) is 15.8. The second-order valence-corrected chi connectivity index (χ2v) is 7.57. The summed E-state index contributed by atoms with van der Waals surface area (Å²) in [5, 5.41) is 0. The second kappa shape index (κ2) is 6.46. The van der Waals surface area contributed by atoms with Crippen molar-refractivity contribution in [2.75, 3.05) is 7.05 Å². The fourth-order valence-corrected chi connectivity index (χ4v) is 4.22. The quantitative estimate of drug-likeness (QED) is 0.845. The van der Waals surface area contributed by atoms with Gasteiger partial charge in [-0.2, -0.15) is 0 Å². The molecule has 0 aliphatic heterocycles. The minimum Gasteiger partial charge on any atom is -0.343 e. The van der Waals surface area contributed by atoms with Crippen LogP contribution < -0.4 is 5.73 Å². The van der Waals surface area contributed by atoms with E-state index >= 15 is 0 Å². The maximum absolute atomic E-state index is 12.8. The molecular weight excluding hydrogens is 248 g/mol. The van der Waals surface area contributed by atoms with Gasteiger partial charge in [-0.25, -0.2) is 0 Å². The van der Waals surface area contributed by atoms with E-state index in [1.165, 1.54) is 25.7 Å². The van der Waals surface area contributed by atoms with Crippen molar-refractivity contribution in [3.05, 3.63) is 0 Å². The van der Waals surface area contributed by atoms with Crippen molar-refractivity contribution in [3.63, 3.8) is 0 Å². The summed E-state index contributed by atoms with van der Waals surface area (Å²) in [5.41, 5.74) is 6.20. The van der Waals surface area contributed by atoms with Crippen LogP contribution in [0.4, 0.5) is 0 Å². The third-order valence-corrected chi connectivity index (χ3v) is 5.81. The first-order valence-corrected chi connectivity index (χ1v) is 8.42. The second-order valence-electron chi connectivity index (χ2n) is 7.57. The molecule has 2 saturated carbocycles. The zero-order chi connectivity index (χ0) is 14.9. The molecule has 0 heterocycles. The van der Waals surface area contributed by atoms with Gasteiger partial charge in [0.15, 0.2) is 0 Å². The highest BCUT2D eigenvalue weighted by Crippen LogP contribution is 2.35. The van der Waals surface area contributed by atoms with E-state index in [2.05, 4.69) is 25.7 Å². The number of rotatable bonds is 2. The fourth-order valence-electron chi connectivity index (χ4n) is 4.22. The molecule has 0 aromatic rings. The molecule has 20 heavy (non-hydrogen) atoms. The van der Waals surface area contributed by atoms with Crippen molar-refractivity contribution in [1.82, 2.24) is 4.90 Å². The number of amides is 1. The normalized spacial score (nSPS) is 42.2. The van der Waals surface area contributed by atoms with Gasteiger partial charge in [0.25, 0.3) is 0 Å². The van der Waals surface area contributed by atoms with Gasteiger partial charge >= 0.3 is 0 Å². The highest BCUT2D eigenvalue weighted by molar-refractivity contribution is 5.79. The van der Waals surface area contributed by atoms with E-state index in [-0.39, 0.29) is 12.0 Å². The predicted molar refractivity (Wildman–Crippen MR) is 83.2 cm³/mol. The highest BCUT2D eigenvalue weighted by Gasteiger charge is 2.38. The van der Waals surface area contributed by atoms with Gasteiger partial charge in [0.2, 0.25) is 5.91 Å². The van der Waals surface area contributed by atoms with Crippen LogP contribution in [0.5, 0.6) is 0 Å². The summed E-state index contributed by atoms with van der Waals surface area (Å²) in [5.74, 6) is 2.27. The fraction of sp³-hybridized carbons (Fsp3) is 0.941. The summed E-state index contributed by atoms with van der Waals surface area (Å²) in [6.45, 7) is 6.75. The Kier molecular flexibility index (Phi) is 5.11. The van der Waals surface area contributed by atoms with Gasteiger partial charge in [-0.1, -0.05) is 33.6 Å². The standard InChI is InChI=1S/C17H32N2O/c1-11-6-5-7-14(8-11)19(4)17(20)15-10-16(18)13(3)9-12(15)2/h11-16H,5-10,18H2,1-4H3. The Bertz CT molecular complexity index is 344. The molecule has 2 aliphatic rings. The van der Waals surface area contributed by atoms with Crippen LogP contribution in [0, 0.1) is 23.7 Å². The monoisotopic (exact) mass is 280 g/mol. The summed E-state index contributed by atoms with van der Waals surface area (Å²) in [6.07, 6.45) is 6.89. The maximum atomic E-state index is 12.8.